The number of carbonyl (C=O) groups is 1. The van der Waals surface area contributed by atoms with E-state index in [4.69, 9.17) is 11.6 Å². The van der Waals surface area contributed by atoms with E-state index in [1.807, 2.05) is 36.4 Å². The van der Waals surface area contributed by atoms with Gasteiger partial charge in [0.25, 0.3) is 0 Å². The molecule has 1 aliphatic rings. The van der Waals surface area contributed by atoms with Gasteiger partial charge in [0.2, 0.25) is 5.91 Å². The van der Waals surface area contributed by atoms with E-state index in [0.29, 0.717) is 6.54 Å². The second-order valence-electron chi connectivity index (χ2n) is 8.72. The standard InChI is InChI=1S/C28H30ClNO/c1-21(22-14-16-25(29)17-15-22)26(23-10-4-2-5-11-23)20-30-27(31)28(18-8-9-19-28)24-12-6-3-7-13-24/h2-7,10-17,21,26H,8-9,18-20H2,1H3,(H,30,31). The predicted octanol–water partition coefficient (Wildman–Crippen LogP) is 6.86. The van der Waals surface area contributed by atoms with E-state index in [2.05, 4.69) is 60.8 Å². The van der Waals surface area contributed by atoms with Gasteiger partial charge in [-0.2, -0.15) is 0 Å². The fourth-order valence-electron chi connectivity index (χ4n) is 5.04. The van der Waals surface area contributed by atoms with E-state index >= 15 is 0 Å². The summed E-state index contributed by atoms with van der Waals surface area (Å²) in [5, 5.41) is 4.10. The van der Waals surface area contributed by atoms with Gasteiger partial charge in [-0.3, -0.25) is 4.79 Å². The Labute approximate surface area is 190 Å². The lowest BCUT2D eigenvalue weighted by Crippen LogP contribution is -2.44. The van der Waals surface area contributed by atoms with E-state index in [9.17, 15) is 4.79 Å². The van der Waals surface area contributed by atoms with Crippen LogP contribution >= 0.6 is 11.6 Å². The molecule has 1 N–H and O–H groups in total. The minimum Gasteiger partial charge on any atom is -0.355 e. The quantitative estimate of drug-likeness (QED) is 0.435. The highest BCUT2D eigenvalue weighted by molar-refractivity contribution is 6.30. The lowest BCUT2D eigenvalue weighted by Gasteiger charge is -2.31. The number of benzene rings is 3. The highest BCUT2D eigenvalue weighted by Crippen LogP contribution is 2.41. The zero-order valence-corrected chi connectivity index (χ0v) is 18.8. The van der Waals surface area contributed by atoms with Crippen LogP contribution in [0.25, 0.3) is 0 Å². The molecular weight excluding hydrogens is 402 g/mol. The zero-order chi connectivity index (χ0) is 21.7. The van der Waals surface area contributed by atoms with Crippen LogP contribution in [-0.4, -0.2) is 12.5 Å². The number of carbonyl (C=O) groups excluding carboxylic acids is 1. The van der Waals surface area contributed by atoms with Gasteiger partial charge in [-0.25, -0.2) is 0 Å². The molecule has 0 heterocycles. The van der Waals surface area contributed by atoms with E-state index in [0.717, 1.165) is 36.3 Å². The maximum atomic E-state index is 13.6. The first-order valence-electron chi connectivity index (χ1n) is 11.2. The van der Waals surface area contributed by atoms with Crippen LogP contribution in [0.3, 0.4) is 0 Å². The second kappa shape index (κ2) is 9.70. The van der Waals surface area contributed by atoms with Crippen LogP contribution in [0.5, 0.6) is 0 Å². The fourth-order valence-corrected chi connectivity index (χ4v) is 5.16. The SMILES string of the molecule is CC(c1ccc(Cl)cc1)C(CNC(=O)C1(c2ccccc2)CCCC1)c1ccccc1. The third-order valence-electron chi connectivity index (χ3n) is 6.93. The second-order valence-corrected chi connectivity index (χ2v) is 9.16. The molecule has 1 fully saturated rings. The monoisotopic (exact) mass is 431 g/mol. The molecule has 2 nitrogen and oxygen atoms in total. The number of halogens is 1. The molecule has 31 heavy (non-hydrogen) atoms. The van der Waals surface area contributed by atoms with E-state index in [-0.39, 0.29) is 17.7 Å². The van der Waals surface area contributed by atoms with Crippen LogP contribution in [0.2, 0.25) is 5.02 Å². The lowest BCUT2D eigenvalue weighted by molar-refractivity contribution is -0.126. The van der Waals surface area contributed by atoms with Crippen molar-refractivity contribution in [2.24, 2.45) is 0 Å². The maximum absolute atomic E-state index is 13.6. The van der Waals surface area contributed by atoms with Gasteiger partial charge in [0.15, 0.2) is 0 Å². The summed E-state index contributed by atoms with van der Waals surface area (Å²) in [5.41, 5.74) is 3.22. The third kappa shape index (κ3) is 4.70. The van der Waals surface area contributed by atoms with E-state index in [1.165, 1.54) is 11.1 Å². The first kappa shape index (κ1) is 21.6. The Morgan fingerprint density at radius 3 is 2.06 bits per heavy atom. The molecule has 3 heteroatoms. The highest BCUT2D eigenvalue weighted by atomic mass is 35.5. The topological polar surface area (TPSA) is 29.1 Å². The number of amides is 1. The van der Waals surface area contributed by atoms with Crippen molar-refractivity contribution < 1.29 is 4.79 Å². The van der Waals surface area contributed by atoms with Gasteiger partial charge >= 0.3 is 0 Å². The summed E-state index contributed by atoms with van der Waals surface area (Å²) in [4.78, 5) is 13.6. The largest absolute Gasteiger partial charge is 0.355 e. The van der Waals surface area contributed by atoms with Crippen LogP contribution < -0.4 is 5.32 Å². The predicted molar refractivity (Wildman–Crippen MR) is 129 cm³/mol. The Morgan fingerprint density at radius 2 is 1.45 bits per heavy atom. The number of nitrogens with one attached hydrogen (secondary N) is 1. The first-order chi connectivity index (χ1) is 15.1. The average Bonchev–Trinajstić information content (AvgIpc) is 3.32. The number of hydrogen-bond acceptors (Lipinski definition) is 1. The summed E-state index contributed by atoms with van der Waals surface area (Å²) in [7, 11) is 0. The van der Waals surface area contributed by atoms with Crippen molar-refractivity contribution in [3.63, 3.8) is 0 Å². The summed E-state index contributed by atoms with van der Waals surface area (Å²) < 4.78 is 0. The molecule has 160 valence electrons. The summed E-state index contributed by atoms with van der Waals surface area (Å²) in [6.45, 7) is 2.84. The van der Waals surface area contributed by atoms with Crippen LogP contribution in [0.4, 0.5) is 0 Å². The molecule has 0 bridgehead atoms. The van der Waals surface area contributed by atoms with Crippen molar-refractivity contribution in [2.75, 3.05) is 6.54 Å². The van der Waals surface area contributed by atoms with Gasteiger partial charge in [0.1, 0.15) is 0 Å². The Morgan fingerprint density at radius 1 is 0.871 bits per heavy atom. The smallest absolute Gasteiger partial charge is 0.230 e. The normalized spacial score (nSPS) is 17.1. The number of rotatable bonds is 7. The van der Waals surface area contributed by atoms with Crippen molar-refractivity contribution in [2.45, 2.75) is 49.9 Å². The molecule has 3 aromatic carbocycles. The highest BCUT2D eigenvalue weighted by Gasteiger charge is 2.42. The average molecular weight is 432 g/mol. The minimum atomic E-state index is -0.397. The molecule has 0 radical (unpaired) electrons. The Hall–Kier alpha value is -2.58. The summed E-state index contributed by atoms with van der Waals surface area (Å²) in [6.07, 6.45) is 4.05. The molecule has 1 saturated carbocycles. The van der Waals surface area contributed by atoms with Gasteiger partial charge in [-0.05, 0) is 47.6 Å². The van der Waals surface area contributed by atoms with Crippen molar-refractivity contribution in [1.82, 2.24) is 5.32 Å². The molecule has 2 atom stereocenters. The fraction of sp³-hybridized carbons (Fsp3) is 0.321. The van der Waals surface area contributed by atoms with Gasteiger partial charge in [0, 0.05) is 17.5 Å². The van der Waals surface area contributed by atoms with Crippen LogP contribution in [0.1, 0.15) is 61.1 Å². The molecule has 2 unspecified atom stereocenters. The van der Waals surface area contributed by atoms with Crippen molar-refractivity contribution in [3.05, 3.63) is 107 Å². The van der Waals surface area contributed by atoms with E-state index < -0.39 is 5.41 Å². The molecule has 0 saturated heterocycles. The van der Waals surface area contributed by atoms with Gasteiger partial charge in [-0.15, -0.1) is 0 Å². The molecule has 1 aliphatic carbocycles. The number of hydrogen-bond donors (Lipinski definition) is 1. The molecule has 1 amide bonds. The van der Waals surface area contributed by atoms with E-state index in [1.54, 1.807) is 0 Å². The van der Waals surface area contributed by atoms with Gasteiger partial charge < -0.3 is 5.32 Å². The Balaban J connectivity index is 1.57. The lowest BCUT2D eigenvalue weighted by atomic mass is 9.77. The summed E-state index contributed by atoms with van der Waals surface area (Å²) in [5.74, 6) is 0.595. The van der Waals surface area contributed by atoms with Crippen LogP contribution in [0.15, 0.2) is 84.9 Å². The molecule has 0 spiro atoms. The Kier molecular flexibility index (Phi) is 6.77. The van der Waals surface area contributed by atoms with Crippen molar-refractivity contribution >= 4 is 17.5 Å². The van der Waals surface area contributed by atoms with Crippen molar-refractivity contribution in [1.29, 1.82) is 0 Å². The van der Waals surface area contributed by atoms with Crippen molar-refractivity contribution in [3.8, 4) is 0 Å². The van der Waals surface area contributed by atoms with Gasteiger partial charge in [0.05, 0.1) is 5.41 Å². The van der Waals surface area contributed by atoms with Crippen LogP contribution in [-0.2, 0) is 10.2 Å². The molecule has 0 aliphatic heterocycles. The summed E-state index contributed by atoms with van der Waals surface area (Å²) in [6, 6.07) is 28.9. The van der Waals surface area contributed by atoms with Crippen LogP contribution in [0, 0.1) is 0 Å². The molecule has 0 aromatic heterocycles. The molecule has 3 aromatic rings. The maximum Gasteiger partial charge on any atom is 0.230 e. The minimum absolute atomic E-state index is 0.167. The Bertz CT molecular complexity index is 979. The molecular formula is C28H30ClNO. The third-order valence-corrected chi connectivity index (χ3v) is 7.18. The first-order valence-corrected chi connectivity index (χ1v) is 11.6. The zero-order valence-electron chi connectivity index (χ0n) is 18.1. The summed E-state index contributed by atoms with van der Waals surface area (Å²) >= 11 is 6.10. The molecule has 4 rings (SSSR count). The van der Waals surface area contributed by atoms with Gasteiger partial charge in [-0.1, -0.05) is 104 Å².